The molecule has 1 aliphatic rings. The van der Waals surface area contributed by atoms with E-state index in [0.29, 0.717) is 11.5 Å². The summed E-state index contributed by atoms with van der Waals surface area (Å²) in [6.45, 7) is 3.91. The van der Waals surface area contributed by atoms with Gasteiger partial charge >= 0.3 is 0 Å². The van der Waals surface area contributed by atoms with Gasteiger partial charge in [0.15, 0.2) is 0 Å². The predicted molar refractivity (Wildman–Crippen MR) is 76.6 cm³/mol. The second-order valence-electron chi connectivity index (χ2n) is 5.73. The van der Waals surface area contributed by atoms with E-state index in [9.17, 15) is 4.79 Å². The Hall–Kier alpha value is -1.17. The number of nitrogens with zero attached hydrogens (tertiary/aromatic N) is 2. The molecule has 2 rings (SSSR count). The van der Waals surface area contributed by atoms with Crippen molar-refractivity contribution in [3.05, 3.63) is 5.56 Å². The topological polar surface area (TPSA) is 72.9 Å². The van der Waals surface area contributed by atoms with Crippen molar-refractivity contribution in [3.8, 4) is 0 Å². The van der Waals surface area contributed by atoms with E-state index in [1.807, 2.05) is 4.68 Å². The molecule has 1 aromatic rings. The number of primary amides is 1. The van der Waals surface area contributed by atoms with Gasteiger partial charge in [0.25, 0.3) is 5.91 Å². The van der Waals surface area contributed by atoms with Crippen LogP contribution in [-0.4, -0.2) is 41.0 Å². The van der Waals surface area contributed by atoms with Gasteiger partial charge < -0.3 is 11.1 Å². The lowest BCUT2D eigenvalue weighted by atomic mass is 10.1. The lowest BCUT2D eigenvalue weighted by Gasteiger charge is -2.23. The summed E-state index contributed by atoms with van der Waals surface area (Å²) in [4.78, 5) is 11.7. The van der Waals surface area contributed by atoms with E-state index in [4.69, 9.17) is 5.73 Å². The number of amides is 1. The van der Waals surface area contributed by atoms with Gasteiger partial charge in [-0.1, -0.05) is 6.92 Å². The molecule has 102 valence electrons. The Labute approximate surface area is 109 Å². The number of carbonyl (C=O) groups excluding carboxylic acids is 1. The van der Waals surface area contributed by atoms with Gasteiger partial charge in [-0.3, -0.25) is 4.79 Å². The molecule has 1 unspecified atom stereocenters. The molecule has 5 nitrogen and oxygen atoms in total. The minimum atomic E-state index is -1.07. The number of fused-ring (bicyclic) bond motifs is 1. The first-order chi connectivity index (χ1) is 8.30. The average Bonchev–Trinajstić information content (AvgIpc) is 2.48. The van der Waals surface area contributed by atoms with Crippen molar-refractivity contribution in [3.63, 3.8) is 0 Å². The molecule has 6 heteroatoms. The molecule has 1 aromatic heterocycles. The molecule has 0 saturated carbocycles. The van der Waals surface area contributed by atoms with Crippen molar-refractivity contribution in [2.24, 2.45) is 11.7 Å². The second-order valence-corrected chi connectivity index (χ2v) is 9.79. The summed E-state index contributed by atoms with van der Waals surface area (Å²) in [5.74, 6) is 0.988. The first-order valence-electron chi connectivity index (χ1n) is 6.13. The highest BCUT2D eigenvalue weighted by molar-refractivity contribution is 8.32. The Kier molecular flexibility index (Phi) is 3.31. The predicted octanol–water partition coefficient (Wildman–Crippen LogP) is 1.49. The summed E-state index contributed by atoms with van der Waals surface area (Å²) in [5.41, 5.74) is 6.14. The van der Waals surface area contributed by atoms with E-state index in [1.165, 1.54) is 0 Å². The van der Waals surface area contributed by atoms with Crippen molar-refractivity contribution < 1.29 is 4.79 Å². The van der Waals surface area contributed by atoms with Crippen LogP contribution in [0.25, 0.3) is 0 Å². The highest BCUT2D eigenvalue weighted by Gasteiger charge is 2.28. The summed E-state index contributed by atoms with van der Waals surface area (Å²) >= 11 is 0. The van der Waals surface area contributed by atoms with Crippen molar-refractivity contribution in [2.75, 3.05) is 30.6 Å². The fourth-order valence-corrected chi connectivity index (χ4v) is 3.38. The summed E-state index contributed by atoms with van der Waals surface area (Å²) < 4.78 is 1.92. The molecule has 0 radical (unpaired) electrons. The third-order valence-corrected chi connectivity index (χ3v) is 4.61. The fourth-order valence-electron chi connectivity index (χ4n) is 2.23. The normalized spacial score (nSPS) is 20.8. The monoisotopic (exact) mass is 270 g/mol. The number of hydrogen-bond donors (Lipinski definition) is 2. The van der Waals surface area contributed by atoms with E-state index >= 15 is 0 Å². The van der Waals surface area contributed by atoms with Crippen LogP contribution in [0.4, 0.5) is 5.82 Å². The lowest BCUT2D eigenvalue weighted by Crippen LogP contribution is -2.16. The maximum atomic E-state index is 11.7. The van der Waals surface area contributed by atoms with Gasteiger partial charge in [0, 0.05) is 13.1 Å². The second kappa shape index (κ2) is 4.50. The molecule has 0 aliphatic carbocycles. The van der Waals surface area contributed by atoms with Gasteiger partial charge in [-0.2, -0.15) is 5.10 Å². The highest BCUT2D eigenvalue weighted by Crippen LogP contribution is 2.48. The molecule has 0 saturated heterocycles. The smallest absolute Gasteiger partial charge is 0.255 e. The van der Waals surface area contributed by atoms with Gasteiger partial charge in [-0.05, 0) is 31.1 Å². The SMILES string of the molecule is CC1CCNc2c(C(N)=O)c(S(C)(C)C)nn2C1. The molecule has 1 amide bonds. The van der Waals surface area contributed by atoms with E-state index in [1.54, 1.807) is 0 Å². The van der Waals surface area contributed by atoms with Crippen LogP contribution in [0.15, 0.2) is 5.03 Å². The number of anilines is 1. The van der Waals surface area contributed by atoms with Crippen LogP contribution in [0.2, 0.25) is 0 Å². The molecule has 2 heterocycles. The quantitative estimate of drug-likeness (QED) is 0.855. The maximum absolute atomic E-state index is 11.7. The van der Waals surface area contributed by atoms with Gasteiger partial charge in [-0.25, -0.2) is 14.7 Å². The van der Waals surface area contributed by atoms with Crippen molar-refractivity contribution in [1.82, 2.24) is 9.78 Å². The zero-order valence-corrected chi connectivity index (χ0v) is 12.3. The summed E-state index contributed by atoms with van der Waals surface area (Å²) in [6, 6.07) is 0. The van der Waals surface area contributed by atoms with Crippen LogP contribution in [0.5, 0.6) is 0 Å². The number of aromatic nitrogens is 2. The molecule has 3 N–H and O–H groups in total. The standard InChI is InChI=1S/C12H22N4OS/c1-8-5-6-14-11-9(10(13)17)12(18(2,3)4)15-16(11)7-8/h8,14H,5-7H2,1-4H3,(H2,13,17). The van der Waals surface area contributed by atoms with Gasteiger partial charge in [0.05, 0.1) is 0 Å². The molecule has 0 fully saturated rings. The largest absolute Gasteiger partial charge is 0.370 e. The zero-order chi connectivity index (χ0) is 13.5. The molecule has 0 spiro atoms. The van der Waals surface area contributed by atoms with Crippen molar-refractivity contribution >= 4 is 21.8 Å². The van der Waals surface area contributed by atoms with E-state index < -0.39 is 10.0 Å². The molecule has 1 atom stereocenters. The van der Waals surface area contributed by atoms with Crippen LogP contribution < -0.4 is 11.1 Å². The average molecular weight is 270 g/mol. The number of nitrogens with one attached hydrogen (secondary N) is 1. The van der Waals surface area contributed by atoms with Gasteiger partial charge in [-0.15, -0.1) is 0 Å². The van der Waals surface area contributed by atoms with Crippen LogP contribution in [0.3, 0.4) is 0 Å². The third kappa shape index (κ3) is 2.34. The number of nitrogens with two attached hydrogens (primary N) is 1. The van der Waals surface area contributed by atoms with Crippen LogP contribution in [0.1, 0.15) is 23.7 Å². The van der Waals surface area contributed by atoms with Crippen LogP contribution in [-0.2, 0) is 6.54 Å². The molecule has 18 heavy (non-hydrogen) atoms. The van der Waals surface area contributed by atoms with Crippen molar-refractivity contribution in [1.29, 1.82) is 0 Å². The Morgan fingerprint density at radius 3 is 2.72 bits per heavy atom. The molecule has 1 aliphatic heterocycles. The minimum Gasteiger partial charge on any atom is -0.370 e. The molecule has 0 bridgehead atoms. The summed E-state index contributed by atoms with van der Waals surface area (Å²) in [7, 11) is -1.07. The number of carbonyl (C=O) groups is 1. The van der Waals surface area contributed by atoms with E-state index in [2.05, 4.69) is 36.1 Å². The van der Waals surface area contributed by atoms with E-state index in [-0.39, 0.29) is 5.91 Å². The Balaban J connectivity index is 2.58. The highest BCUT2D eigenvalue weighted by atomic mass is 32.3. The van der Waals surface area contributed by atoms with Crippen molar-refractivity contribution in [2.45, 2.75) is 24.9 Å². The first kappa shape index (κ1) is 13.3. The minimum absolute atomic E-state index is 0.379. The Bertz CT molecular complexity index is 475. The fraction of sp³-hybridized carbons (Fsp3) is 0.667. The Morgan fingerprint density at radius 2 is 2.17 bits per heavy atom. The first-order valence-corrected chi connectivity index (χ1v) is 8.99. The summed E-state index contributed by atoms with van der Waals surface area (Å²) in [5, 5.41) is 8.82. The summed E-state index contributed by atoms with van der Waals surface area (Å²) in [6.07, 6.45) is 7.47. The zero-order valence-electron chi connectivity index (χ0n) is 11.5. The number of rotatable bonds is 2. The number of hydrogen-bond acceptors (Lipinski definition) is 3. The van der Waals surface area contributed by atoms with Crippen LogP contribution in [0, 0.1) is 5.92 Å². The van der Waals surface area contributed by atoms with Gasteiger partial charge in [0.2, 0.25) is 0 Å². The third-order valence-electron chi connectivity index (χ3n) is 3.16. The Morgan fingerprint density at radius 1 is 1.50 bits per heavy atom. The maximum Gasteiger partial charge on any atom is 0.255 e. The van der Waals surface area contributed by atoms with Crippen LogP contribution >= 0.6 is 10.0 Å². The van der Waals surface area contributed by atoms with E-state index in [0.717, 1.165) is 30.4 Å². The van der Waals surface area contributed by atoms with Gasteiger partial charge in [0.1, 0.15) is 16.4 Å². The molecule has 0 aromatic carbocycles. The molecular formula is C12H22N4OS. The lowest BCUT2D eigenvalue weighted by molar-refractivity contribution is 0.0998. The molecular weight excluding hydrogens is 248 g/mol.